The van der Waals surface area contributed by atoms with Crippen molar-refractivity contribution in [1.82, 2.24) is 60.9 Å². The summed E-state index contributed by atoms with van der Waals surface area (Å²) in [7, 11) is 3.22. The third-order valence-corrected chi connectivity index (χ3v) is 17.9. The summed E-state index contributed by atoms with van der Waals surface area (Å²) in [6.07, 6.45) is -15.4. The molecule has 46 nitrogen and oxygen atoms in total. The van der Waals surface area contributed by atoms with Crippen LogP contribution < -0.4 is 16.0 Å². The Balaban J connectivity index is 0.000000612. The molecule has 48 heteroatoms. The molecule has 3 aromatic heterocycles. The Labute approximate surface area is 635 Å². The van der Waals surface area contributed by atoms with E-state index < -0.39 is 152 Å². The molecule has 0 aromatic carbocycles. The van der Waals surface area contributed by atoms with Crippen molar-refractivity contribution in [2.45, 2.75) is 182 Å². The van der Waals surface area contributed by atoms with Gasteiger partial charge in [-0.15, -0.1) is 15.3 Å². The average Bonchev–Trinajstić information content (AvgIpc) is 1.10. The first-order valence-electron chi connectivity index (χ1n) is 33.8. The maximum Gasteiger partial charge on any atom is 0.373 e. The summed E-state index contributed by atoms with van der Waals surface area (Å²) in [5, 5.41) is 159. The zero-order valence-corrected chi connectivity index (χ0v) is 62.0. The number of aliphatic hydroxyl groups is 9. The number of ether oxygens (including phenoxy) is 9. The minimum atomic E-state index is -1.84. The molecule has 6 heterocycles. The molecule has 1 amide bonds. The predicted octanol–water partition coefficient (Wildman–Crippen LogP) is -8.92. The van der Waals surface area contributed by atoms with Gasteiger partial charge in [-0.3, -0.25) is 24.0 Å². The smallest absolute Gasteiger partial charge is 0.373 e. The summed E-state index contributed by atoms with van der Waals surface area (Å²) < 4.78 is 51.9. The summed E-state index contributed by atoms with van der Waals surface area (Å²) >= 11 is 2.96. The first kappa shape index (κ1) is 96.6. The van der Waals surface area contributed by atoms with Crippen molar-refractivity contribution in [1.29, 1.82) is 0 Å². The van der Waals surface area contributed by atoms with E-state index in [9.17, 15) is 94.5 Å². The van der Waals surface area contributed by atoms with Gasteiger partial charge < -0.3 is 125 Å². The molecule has 16 N–H and O–H groups in total. The number of ketones is 3. The van der Waals surface area contributed by atoms with Crippen molar-refractivity contribution in [3.8, 4) is 0 Å². The van der Waals surface area contributed by atoms with Crippen LogP contribution in [0.4, 0.5) is 0 Å². The summed E-state index contributed by atoms with van der Waals surface area (Å²) in [6.45, 7) is 2.61. The van der Waals surface area contributed by atoms with Crippen LogP contribution in [0.15, 0.2) is 18.6 Å². The zero-order chi connectivity index (χ0) is 82.2. The van der Waals surface area contributed by atoms with Crippen molar-refractivity contribution in [3.05, 3.63) is 35.7 Å². The van der Waals surface area contributed by atoms with Gasteiger partial charge in [-0.2, -0.15) is 42.7 Å². The lowest BCUT2D eigenvalue weighted by Crippen LogP contribution is -2.60. The Kier molecular flexibility index (Phi) is 45.6. The molecule has 3 aromatic rings. The number of carboxylic acid groups (broad SMARTS) is 4. The molecule has 0 saturated carbocycles. The molecule has 0 spiro atoms. The highest BCUT2D eigenvalue weighted by Crippen LogP contribution is 2.26. The normalized spacial score (nSPS) is 25.0. The number of Topliss-reactive ketones (excluding diaryl/α,β-unsaturated/α-hetero) is 3. The van der Waals surface area contributed by atoms with E-state index in [-0.39, 0.29) is 141 Å². The van der Waals surface area contributed by atoms with Crippen molar-refractivity contribution in [3.63, 3.8) is 0 Å². The number of hydrogen-bond donors (Lipinski definition) is 16. The molecule has 6 rings (SSSR count). The molecular weight excluding hydrogens is 1520 g/mol. The van der Waals surface area contributed by atoms with Crippen LogP contribution in [0, 0.1) is 11.8 Å². The van der Waals surface area contributed by atoms with Crippen molar-refractivity contribution in [2.75, 3.05) is 97.6 Å². The van der Waals surface area contributed by atoms with Gasteiger partial charge in [0.15, 0.2) is 54.5 Å². The van der Waals surface area contributed by atoms with Crippen molar-refractivity contribution in [2.24, 2.45) is 11.8 Å². The van der Waals surface area contributed by atoms with Crippen molar-refractivity contribution >= 4 is 83.0 Å². The topological polar surface area (TPSA) is 679 Å². The number of aliphatic carboxylic acids is 4. The molecule has 110 heavy (non-hydrogen) atoms. The number of carboxylic acids is 4. The fourth-order valence-electron chi connectivity index (χ4n) is 10.5. The lowest BCUT2D eigenvalue weighted by Gasteiger charge is -2.38. The minimum absolute atomic E-state index is 0.00643. The third-order valence-electron chi connectivity index (χ3n) is 16.4. The van der Waals surface area contributed by atoms with E-state index in [1.807, 2.05) is 6.26 Å². The number of hydrogen-bond acceptors (Lipinski definition) is 40. The Bertz CT molecular complexity index is 3340. The first-order valence-corrected chi connectivity index (χ1v) is 36.6. The number of nitrogens with zero attached hydrogens (tertiary/aromatic N) is 9. The second kappa shape index (κ2) is 51.9. The lowest BCUT2D eigenvalue weighted by molar-refractivity contribution is -0.295. The number of thioether (sulfide) groups is 2. The Morgan fingerprint density at radius 3 is 1.13 bits per heavy atom. The number of rotatable bonds is 48. The number of likely N-dealkylation sites (N-methyl/N-ethyl adjacent to an activating group) is 2. The number of aromatic nitrogens is 9. The SMILES string of the molecule is CN[C@@H](Cc1cn(CCOCCOC2OC(C(=O)O)C(O)[C@H](O)[C@@H]2O)nn1)C(=O)C[C@@H](C)C(=O)N[C@@H](Cc1cn(CCOCCOC2OC(C(=O)O)C(O)[C@H](O)[C@@H]2O)nn1)C(=O)CCCSC.CN[C@@H](Cc1cn(CCOCCOC2OC(C(=O)O)C(O)[C@H](O)[C@@H]2O)nn1)C(=O)C[C@H](CSC)C(=O)O.O=C=O.O=C=O. The fraction of sp³-hybridized carbons (Fsp3) is 0.742. The van der Waals surface area contributed by atoms with Gasteiger partial charge in [0.25, 0.3) is 0 Å². The minimum Gasteiger partial charge on any atom is -0.481 e. The molecule has 3 aliphatic heterocycles. The summed E-state index contributed by atoms with van der Waals surface area (Å²) in [5.74, 6) is -7.21. The Morgan fingerprint density at radius 2 is 0.818 bits per heavy atom. The van der Waals surface area contributed by atoms with Crippen molar-refractivity contribution < 1.29 is 167 Å². The van der Waals surface area contributed by atoms with Crippen LogP contribution >= 0.6 is 23.5 Å². The van der Waals surface area contributed by atoms with Crippen LogP contribution in [-0.4, -0.2) is 379 Å². The molecule has 3 aliphatic rings. The van der Waals surface area contributed by atoms with Gasteiger partial charge in [0.05, 0.1) is 120 Å². The summed E-state index contributed by atoms with van der Waals surface area (Å²) in [4.78, 5) is 130. The average molecular weight is 1620 g/mol. The Morgan fingerprint density at radius 1 is 0.482 bits per heavy atom. The molecular formula is C62H96N12O34S2. The molecule has 0 aliphatic carbocycles. The summed E-state index contributed by atoms with van der Waals surface area (Å²) in [6, 6.07) is -2.25. The largest absolute Gasteiger partial charge is 0.481 e. The quantitative estimate of drug-likeness (QED) is 0.0234. The summed E-state index contributed by atoms with van der Waals surface area (Å²) in [5.41, 5.74) is 1.45. The van der Waals surface area contributed by atoms with E-state index >= 15 is 0 Å². The molecule has 0 radical (unpaired) electrons. The highest BCUT2D eigenvalue weighted by atomic mass is 32.2. The van der Waals surface area contributed by atoms with Crippen LogP contribution in [0.3, 0.4) is 0 Å². The second-order valence-electron chi connectivity index (χ2n) is 24.4. The van der Waals surface area contributed by atoms with Gasteiger partial charge in [0.1, 0.15) is 54.9 Å². The van der Waals surface area contributed by atoms with Gasteiger partial charge in [0.2, 0.25) is 5.91 Å². The van der Waals surface area contributed by atoms with Crippen LogP contribution in [-0.2, 0) is 139 Å². The van der Waals surface area contributed by atoms with E-state index in [2.05, 4.69) is 46.9 Å². The zero-order valence-electron chi connectivity index (χ0n) is 60.4. The maximum absolute atomic E-state index is 13.5. The van der Waals surface area contributed by atoms with E-state index in [1.54, 1.807) is 57.6 Å². The van der Waals surface area contributed by atoms with Gasteiger partial charge in [-0.1, -0.05) is 22.6 Å². The molecule has 3 fully saturated rings. The van der Waals surface area contributed by atoms with E-state index in [0.717, 1.165) is 5.75 Å². The van der Waals surface area contributed by atoms with Crippen LogP contribution in [0.1, 0.15) is 49.7 Å². The predicted molar refractivity (Wildman–Crippen MR) is 363 cm³/mol. The molecule has 3 saturated heterocycles. The van der Waals surface area contributed by atoms with E-state index in [0.29, 0.717) is 35.8 Å². The number of carbonyl (C=O) groups is 8. The van der Waals surface area contributed by atoms with Gasteiger partial charge in [0, 0.05) is 68.8 Å². The number of aliphatic hydroxyl groups excluding tert-OH is 9. The highest BCUT2D eigenvalue weighted by Gasteiger charge is 2.50. The second-order valence-corrected chi connectivity index (χ2v) is 26.3. The van der Waals surface area contributed by atoms with Gasteiger partial charge in [-0.05, 0) is 38.8 Å². The lowest BCUT2D eigenvalue weighted by atomic mass is 9.96. The first-order chi connectivity index (χ1) is 52.4. The monoisotopic (exact) mass is 1620 g/mol. The number of nitrogens with one attached hydrogen (secondary N) is 3. The molecule has 0 bridgehead atoms. The van der Waals surface area contributed by atoms with E-state index in [4.69, 9.17) is 72.0 Å². The number of amides is 1. The van der Waals surface area contributed by atoms with E-state index in [1.165, 1.54) is 25.8 Å². The fourth-order valence-corrected chi connectivity index (χ4v) is 11.6. The molecule has 9 unspecified atom stereocenters. The molecule has 620 valence electrons. The maximum atomic E-state index is 13.5. The molecule has 20 atom stereocenters. The van der Waals surface area contributed by atoms with Crippen LogP contribution in [0.2, 0.25) is 0 Å². The Hall–Kier alpha value is -7.56. The van der Waals surface area contributed by atoms with Gasteiger partial charge >= 0.3 is 36.2 Å². The van der Waals surface area contributed by atoms with Crippen LogP contribution in [0.25, 0.3) is 0 Å². The number of carbonyl (C=O) groups excluding carboxylic acids is 8. The van der Waals surface area contributed by atoms with Crippen LogP contribution in [0.5, 0.6) is 0 Å². The van der Waals surface area contributed by atoms with Gasteiger partial charge in [-0.25, -0.2) is 28.4 Å². The highest BCUT2D eigenvalue weighted by molar-refractivity contribution is 7.98. The standard InChI is InChI=1S/C39H62N8O19S.C21H34N4O11S.2CO2/c1-20(15-26(49)23(40-2)16-21-18-46(44-42-21)6-8-61-10-12-63-38-31(54)27(50)29(52)33(65-38)36(57)58)35(56)41-24(25(48)5-4-14-67-3)17-22-19-47(45-43-22)7-9-62-11-13-64-39-32(55)28(51)30(53)34(66-39)37(59)60;1-22-13(14(26)7-11(10-37-2)19(30)31)8-12-9-25(24-23-12)3-4-34-5-6-35-21-17(29)15(27)16(28)18(36-21)20(32)33;2*2-1-3/h18-20,23-24,27-34,38-40,50-55H,4-17H2,1-3H3,(H,41,56)(H,57,58)(H,59,60);9,11,13,15-18,21-22,27-29H,3-8,10H2,1-2H3,(H,30,31)(H,32,33);;/t20-,23+,24+,27+,28+,29?,30?,31+,32+,33?,34?,38?,39?;11-,13+,15+,16?,17+,18?,21?;;/m11../s1. The third kappa shape index (κ3) is 32.6.